The molecule has 0 fully saturated rings. The summed E-state index contributed by atoms with van der Waals surface area (Å²) < 4.78 is 0. The number of benzene rings is 1. The number of carbonyl (C=O) groups is 1. The Morgan fingerprint density at radius 3 is 2.83 bits per heavy atom. The number of non-ortho nitro benzene ring substituents is 1. The van der Waals surface area contributed by atoms with E-state index in [-0.39, 0.29) is 17.4 Å². The maximum Gasteiger partial charge on any atom is 0.270 e. The number of nitrogens with one attached hydrogen (secondary N) is 1. The first-order valence-electron chi connectivity index (χ1n) is 6.05. The fraction of sp³-hybridized carbons (Fsp3) is 0.462. The average Bonchev–Trinajstić information content (AvgIpc) is 2.38. The van der Waals surface area contributed by atoms with Crippen molar-refractivity contribution in [2.45, 2.75) is 20.3 Å². The highest BCUT2D eigenvalue weighted by molar-refractivity contribution is 5.98. The van der Waals surface area contributed by atoms with Gasteiger partial charge in [-0.15, -0.1) is 0 Å². The van der Waals surface area contributed by atoms with Crippen LogP contribution in [0.15, 0.2) is 24.3 Å². The van der Waals surface area contributed by atoms with Gasteiger partial charge in [-0.3, -0.25) is 14.9 Å². The molecule has 1 atom stereocenters. The summed E-state index contributed by atoms with van der Waals surface area (Å²) in [5, 5.41) is 13.8. The van der Waals surface area contributed by atoms with Crippen molar-refractivity contribution in [1.29, 1.82) is 0 Å². The van der Waals surface area contributed by atoms with Gasteiger partial charge in [-0.25, -0.2) is 0 Å². The Bertz CT molecular complexity index is 432. The zero-order valence-electron chi connectivity index (χ0n) is 10.7. The summed E-state index contributed by atoms with van der Waals surface area (Å²) in [7, 11) is 0. The second-order valence-electron chi connectivity index (χ2n) is 4.21. The van der Waals surface area contributed by atoms with E-state index in [9.17, 15) is 14.9 Å². The molecule has 1 N–H and O–H groups in total. The van der Waals surface area contributed by atoms with Gasteiger partial charge < -0.3 is 5.32 Å². The summed E-state index contributed by atoms with van der Waals surface area (Å²) in [6.45, 7) is 5.50. The van der Waals surface area contributed by atoms with Gasteiger partial charge in [0.2, 0.25) is 0 Å². The Labute approximate surface area is 106 Å². The molecule has 1 aromatic carbocycles. The van der Waals surface area contributed by atoms with Gasteiger partial charge in [-0.05, 0) is 19.5 Å². The summed E-state index contributed by atoms with van der Waals surface area (Å²) in [5.41, 5.74) is 0.368. The molecular weight excluding hydrogens is 232 g/mol. The van der Waals surface area contributed by atoms with Crippen LogP contribution in [0.1, 0.15) is 30.6 Å². The van der Waals surface area contributed by atoms with E-state index >= 15 is 0 Å². The van der Waals surface area contributed by atoms with Crippen LogP contribution >= 0.6 is 0 Å². The molecule has 5 nitrogen and oxygen atoms in total. The third kappa shape index (κ3) is 3.92. The number of Topliss-reactive ketones (excluding diaryl/α,β-unsaturated/α-hetero) is 1. The first-order valence-corrected chi connectivity index (χ1v) is 6.05. The molecule has 0 radical (unpaired) electrons. The summed E-state index contributed by atoms with van der Waals surface area (Å²) in [5.74, 6) is -0.178. The summed E-state index contributed by atoms with van der Waals surface area (Å²) in [4.78, 5) is 22.2. The lowest BCUT2D eigenvalue weighted by Crippen LogP contribution is -2.20. The summed E-state index contributed by atoms with van der Waals surface area (Å²) in [6, 6.07) is 5.90. The molecule has 0 bridgehead atoms. The molecule has 0 aliphatic carbocycles. The highest BCUT2D eigenvalue weighted by Crippen LogP contribution is 2.17. The number of nitrogens with zero attached hydrogens (tertiary/aromatic N) is 1. The monoisotopic (exact) mass is 250 g/mol. The van der Waals surface area contributed by atoms with Crippen LogP contribution < -0.4 is 5.32 Å². The van der Waals surface area contributed by atoms with Crippen LogP contribution in [0.2, 0.25) is 0 Å². The zero-order valence-corrected chi connectivity index (χ0v) is 10.7. The minimum absolute atomic E-state index is 0.0419. The number of carbonyl (C=O) groups excluding carboxylic acids is 1. The summed E-state index contributed by atoms with van der Waals surface area (Å²) >= 11 is 0. The Kier molecular flexibility index (Phi) is 5.45. The van der Waals surface area contributed by atoms with Crippen molar-refractivity contribution in [2.24, 2.45) is 5.92 Å². The van der Waals surface area contributed by atoms with Crippen LogP contribution in [0.25, 0.3) is 0 Å². The molecule has 18 heavy (non-hydrogen) atoms. The van der Waals surface area contributed by atoms with E-state index in [1.807, 2.05) is 13.8 Å². The maximum absolute atomic E-state index is 12.1. The first kappa shape index (κ1) is 14.3. The van der Waals surface area contributed by atoms with Gasteiger partial charge in [0.15, 0.2) is 5.78 Å². The van der Waals surface area contributed by atoms with Crippen molar-refractivity contribution in [3.8, 4) is 0 Å². The van der Waals surface area contributed by atoms with E-state index in [0.29, 0.717) is 5.56 Å². The van der Waals surface area contributed by atoms with Crippen LogP contribution in [0, 0.1) is 16.0 Å². The van der Waals surface area contributed by atoms with E-state index in [1.165, 1.54) is 12.1 Å². The lowest BCUT2D eigenvalue weighted by atomic mass is 9.96. The first-order chi connectivity index (χ1) is 8.56. The molecule has 1 aromatic rings. The predicted molar refractivity (Wildman–Crippen MR) is 69.8 cm³/mol. The Balaban J connectivity index is 2.71. The zero-order chi connectivity index (χ0) is 13.5. The molecule has 0 heterocycles. The minimum atomic E-state index is -0.486. The molecule has 0 amide bonds. The molecule has 0 aromatic heterocycles. The van der Waals surface area contributed by atoms with E-state index in [4.69, 9.17) is 0 Å². The molecule has 1 unspecified atom stereocenters. The van der Waals surface area contributed by atoms with Gasteiger partial charge in [-0.1, -0.05) is 26.0 Å². The highest BCUT2D eigenvalue weighted by atomic mass is 16.6. The Morgan fingerprint density at radius 1 is 1.50 bits per heavy atom. The SMILES string of the molecule is CCNCCC(C)C(=O)c1cccc([N+](=O)[O-])c1. The molecule has 0 saturated heterocycles. The van der Waals surface area contributed by atoms with Gasteiger partial charge >= 0.3 is 0 Å². The van der Waals surface area contributed by atoms with Crippen molar-refractivity contribution in [3.63, 3.8) is 0 Å². The van der Waals surface area contributed by atoms with E-state index < -0.39 is 4.92 Å². The maximum atomic E-state index is 12.1. The van der Waals surface area contributed by atoms with Crippen LogP contribution in [0.4, 0.5) is 5.69 Å². The Hall–Kier alpha value is -1.75. The fourth-order valence-corrected chi connectivity index (χ4v) is 1.68. The van der Waals surface area contributed by atoms with Crippen LogP contribution in [-0.2, 0) is 0 Å². The number of nitro groups is 1. The van der Waals surface area contributed by atoms with Gasteiger partial charge in [0, 0.05) is 23.6 Å². The minimum Gasteiger partial charge on any atom is -0.317 e. The van der Waals surface area contributed by atoms with Gasteiger partial charge in [-0.2, -0.15) is 0 Å². The van der Waals surface area contributed by atoms with Crippen molar-refractivity contribution in [2.75, 3.05) is 13.1 Å². The van der Waals surface area contributed by atoms with Gasteiger partial charge in [0.25, 0.3) is 5.69 Å². The summed E-state index contributed by atoms with van der Waals surface area (Å²) in [6.07, 6.45) is 0.732. The van der Waals surface area contributed by atoms with E-state index in [1.54, 1.807) is 12.1 Å². The standard InChI is InChI=1S/C13H18N2O3/c1-3-14-8-7-10(2)13(16)11-5-4-6-12(9-11)15(17)18/h4-6,9-10,14H,3,7-8H2,1-2H3. The third-order valence-corrected chi connectivity index (χ3v) is 2.79. The van der Waals surface area contributed by atoms with Crippen LogP contribution in [0.5, 0.6) is 0 Å². The van der Waals surface area contributed by atoms with Crippen LogP contribution in [0.3, 0.4) is 0 Å². The van der Waals surface area contributed by atoms with Crippen molar-refractivity contribution < 1.29 is 9.72 Å². The molecule has 98 valence electrons. The molecule has 5 heteroatoms. The van der Waals surface area contributed by atoms with Crippen molar-refractivity contribution >= 4 is 11.5 Å². The molecule has 0 aliphatic rings. The van der Waals surface area contributed by atoms with E-state index in [2.05, 4.69) is 5.32 Å². The number of ketones is 1. The smallest absolute Gasteiger partial charge is 0.270 e. The molecular formula is C13H18N2O3. The Morgan fingerprint density at radius 2 is 2.22 bits per heavy atom. The largest absolute Gasteiger partial charge is 0.317 e. The number of rotatable bonds is 7. The third-order valence-electron chi connectivity index (χ3n) is 2.79. The van der Waals surface area contributed by atoms with Crippen molar-refractivity contribution in [3.05, 3.63) is 39.9 Å². The lowest BCUT2D eigenvalue weighted by molar-refractivity contribution is -0.384. The number of nitro benzene ring substituents is 1. The quantitative estimate of drug-likeness (QED) is 0.349. The van der Waals surface area contributed by atoms with Gasteiger partial charge in [0.05, 0.1) is 4.92 Å². The van der Waals surface area contributed by atoms with E-state index in [0.717, 1.165) is 19.5 Å². The predicted octanol–water partition coefficient (Wildman–Crippen LogP) is 2.41. The molecule has 0 aliphatic heterocycles. The second kappa shape index (κ2) is 6.86. The normalized spacial score (nSPS) is 12.1. The molecule has 0 spiro atoms. The highest BCUT2D eigenvalue weighted by Gasteiger charge is 2.17. The van der Waals surface area contributed by atoms with Crippen molar-refractivity contribution in [1.82, 2.24) is 5.32 Å². The number of hydrogen-bond donors (Lipinski definition) is 1. The lowest BCUT2D eigenvalue weighted by Gasteiger charge is -2.10. The molecule has 0 saturated carbocycles. The van der Waals surface area contributed by atoms with Gasteiger partial charge in [0.1, 0.15) is 0 Å². The topological polar surface area (TPSA) is 72.2 Å². The molecule has 1 rings (SSSR count). The van der Waals surface area contributed by atoms with Crippen LogP contribution in [-0.4, -0.2) is 23.8 Å². The number of hydrogen-bond acceptors (Lipinski definition) is 4. The average molecular weight is 250 g/mol. The second-order valence-corrected chi connectivity index (χ2v) is 4.21. The fourth-order valence-electron chi connectivity index (χ4n) is 1.68.